The lowest BCUT2D eigenvalue weighted by molar-refractivity contribution is 0.0693. The largest absolute Gasteiger partial charge is 0.478 e. The van der Waals surface area contributed by atoms with Crippen LogP contribution in [0.25, 0.3) is 0 Å². The van der Waals surface area contributed by atoms with Crippen LogP contribution in [0.2, 0.25) is 0 Å². The molecule has 0 radical (unpaired) electrons. The summed E-state index contributed by atoms with van der Waals surface area (Å²) < 4.78 is 0. The van der Waals surface area contributed by atoms with E-state index in [2.05, 4.69) is 11.0 Å². The molecule has 0 bridgehead atoms. The minimum Gasteiger partial charge on any atom is -0.478 e. The monoisotopic (exact) mass is 378 g/mol. The van der Waals surface area contributed by atoms with Crippen molar-refractivity contribution in [1.29, 1.82) is 0 Å². The molecule has 2 aromatic carbocycles. The van der Waals surface area contributed by atoms with Crippen molar-refractivity contribution in [3.63, 3.8) is 0 Å². The van der Waals surface area contributed by atoms with Crippen molar-refractivity contribution >= 4 is 17.6 Å². The third kappa shape index (κ3) is 3.75. The Morgan fingerprint density at radius 3 is 2.32 bits per heavy atom. The Hall–Kier alpha value is -2.82. The van der Waals surface area contributed by atoms with Gasteiger partial charge in [0, 0.05) is 37.8 Å². The average molecular weight is 378 g/mol. The maximum Gasteiger partial charge on any atom is 0.335 e. The van der Waals surface area contributed by atoms with E-state index in [0.29, 0.717) is 12.1 Å². The first-order valence-corrected chi connectivity index (χ1v) is 10.1. The van der Waals surface area contributed by atoms with Crippen molar-refractivity contribution in [3.05, 3.63) is 65.2 Å². The highest BCUT2D eigenvalue weighted by Gasteiger charge is 2.28. The van der Waals surface area contributed by atoms with Crippen LogP contribution < -0.4 is 4.90 Å². The van der Waals surface area contributed by atoms with Gasteiger partial charge in [0.15, 0.2) is 0 Å². The number of amides is 1. The number of likely N-dealkylation sites (tertiary alicyclic amines) is 1. The fourth-order valence-electron chi connectivity index (χ4n) is 4.39. The molecule has 0 aromatic heterocycles. The number of hydrogen-bond acceptors (Lipinski definition) is 3. The first-order chi connectivity index (χ1) is 13.6. The van der Waals surface area contributed by atoms with Crippen molar-refractivity contribution in [2.45, 2.75) is 31.6 Å². The molecule has 0 unspecified atom stereocenters. The first kappa shape index (κ1) is 18.5. The van der Waals surface area contributed by atoms with E-state index in [9.17, 15) is 9.59 Å². The van der Waals surface area contributed by atoms with E-state index in [1.807, 2.05) is 35.2 Å². The van der Waals surface area contributed by atoms with Gasteiger partial charge in [-0.25, -0.2) is 4.79 Å². The van der Waals surface area contributed by atoms with Crippen LogP contribution in [-0.2, 0) is 0 Å². The molecular formula is C23H26N2O3. The predicted octanol–water partition coefficient (Wildman–Crippen LogP) is 4.00. The molecule has 1 atom stereocenters. The van der Waals surface area contributed by atoms with Crippen LogP contribution in [-0.4, -0.2) is 48.1 Å². The lowest BCUT2D eigenvalue weighted by Crippen LogP contribution is -2.39. The zero-order valence-corrected chi connectivity index (χ0v) is 16.0. The van der Waals surface area contributed by atoms with Gasteiger partial charge in [-0.2, -0.15) is 0 Å². The van der Waals surface area contributed by atoms with Crippen molar-refractivity contribution in [2.75, 3.05) is 31.1 Å². The number of para-hydroxylation sites is 1. The second-order valence-corrected chi connectivity index (χ2v) is 7.73. The molecule has 2 aromatic rings. The van der Waals surface area contributed by atoms with Gasteiger partial charge in [0.2, 0.25) is 0 Å². The highest BCUT2D eigenvalue weighted by Crippen LogP contribution is 2.30. The van der Waals surface area contributed by atoms with Gasteiger partial charge in [-0.3, -0.25) is 4.79 Å². The van der Waals surface area contributed by atoms with Crippen LogP contribution in [0.4, 0.5) is 5.69 Å². The summed E-state index contributed by atoms with van der Waals surface area (Å²) in [6.45, 7) is 3.49. The van der Waals surface area contributed by atoms with E-state index < -0.39 is 5.97 Å². The van der Waals surface area contributed by atoms with Gasteiger partial charge < -0.3 is 14.9 Å². The van der Waals surface area contributed by atoms with Gasteiger partial charge in [-0.15, -0.1) is 0 Å². The maximum absolute atomic E-state index is 13.3. The predicted molar refractivity (Wildman–Crippen MR) is 109 cm³/mol. The summed E-state index contributed by atoms with van der Waals surface area (Å²) in [6.07, 6.45) is 4.34. The number of carbonyl (C=O) groups is 2. The molecule has 0 spiro atoms. The molecule has 5 heteroatoms. The lowest BCUT2D eigenvalue weighted by atomic mass is 9.89. The Kier molecular flexibility index (Phi) is 5.33. The topological polar surface area (TPSA) is 60.9 Å². The van der Waals surface area contributed by atoms with Crippen molar-refractivity contribution < 1.29 is 14.7 Å². The molecule has 1 N–H and O–H groups in total. The van der Waals surface area contributed by atoms with Gasteiger partial charge in [0.1, 0.15) is 0 Å². The minimum atomic E-state index is -0.912. The minimum absolute atomic E-state index is 0.106. The molecule has 2 heterocycles. The van der Waals surface area contributed by atoms with E-state index in [4.69, 9.17) is 5.11 Å². The summed E-state index contributed by atoms with van der Waals surface area (Å²) in [7, 11) is 0. The van der Waals surface area contributed by atoms with Crippen LogP contribution >= 0.6 is 0 Å². The highest BCUT2D eigenvalue weighted by atomic mass is 16.4. The third-order valence-electron chi connectivity index (χ3n) is 5.92. The number of carboxylic acids is 1. The number of benzene rings is 2. The quantitative estimate of drug-likeness (QED) is 0.873. The summed E-state index contributed by atoms with van der Waals surface area (Å²) in [5, 5.41) is 9.09. The van der Waals surface area contributed by atoms with E-state index in [0.717, 1.165) is 49.3 Å². The van der Waals surface area contributed by atoms with Gasteiger partial charge in [-0.05, 0) is 55.5 Å². The van der Waals surface area contributed by atoms with Crippen LogP contribution in [0, 0.1) is 0 Å². The molecule has 4 rings (SSSR count). The van der Waals surface area contributed by atoms with E-state index in [1.54, 1.807) is 12.1 Å². The Labute approximate surface area is 165 Å². The number of rotatable bonds is 4. The van der Waals surface area contributed by atoms with E-state index in [-0.39, 0.29) is 11.8 Å². The summed E-state index contributed by atoms with van der Waals surface area (Å²) >= 11 is 0. The lowest BCUT2D eigenvalue weighted by Gasteiger charge is -2.34. The smallest absolute Gasteiger partial charge is 0.335 e. The van der Waals surface area contributed by atoms with Crippen LogP contribution in [0.15, 0.2) is 48.5 Å². The van der Waals surface area contributed by atoms with Crippen LogP contribution in [0.1, 0.15) is 57.9 Å². The maximum atomic E-state index is 13.3. The van der Waals surface area contributed by atoms with E-state index in [1.165, 1.54) is 12.8 Å². The summed E-state index contributed by atoms with van der Waals surface area (Å²) in [5.41, 5.74) is 3.26. The Morgan fingerprint density at radius 2 is 1.61 bits per heavy atom. The highest BCUT2D eigenvalue weighted by molar-refractivity contribution is 6.00. The van der Waals surface area contributed by atoms with Crippen molar-refractivity contribution in [2.24, 2.45) is 0 Å². The van der Waals surface area contributed by atoms with Gasteiger partial charge in [0.25, 0.3) is 5.91 Å². The van der Waals surface area contributed by atoms with Gasteiger partial charge >= 0.3 is 5.97 Å². The fraction of sp³-hybridized carbons (Fsp3) is 0.391. The van der Waals surface area contributed by atoms with Crippen LogP contribution in [0.5, 0.6) is 0 Å². The number of nitrogens with zero attached hydrogens (tertiary/aromatic N) is 2. The molecule has 1 amide bonds. The molecule has 146 valence electrons. The zero-order chi connectivity index (χ0) is 19.5. The molecular weight excluding hydrogens is 352 g/mol. The SMILES string of the molecule is O=C(O)c1ccc([C@H]2CCCN(C(=O)c3ccccc3N3CCCC3)C2)cc1. The number of piperidine rings is 1. The Morgan fingerprint density at radius 1 is 0.893 bits per heavy atom. The normalized spacial score (nSPS) is 19.6. The second kappa shape index (κ2) is 8.05. The first-order valence-electron chi connectivity index (χ1n) is 10.1. The third-order valence-corrected chi connectivity index (χ3v) is 5.92. The molecule has 28 heavy (non-hydrogen) atoms. The fourth-order valence-corrected chi connectivity index (χ4v) is 4.39. The number of aromatic carboxylic acids is 1. The number of carbonyl (C=O) groups excluding carboxylic acids is 1. The summed E-state index contributed by atoms with van der Waals surface area (Å²) in [6, 6.07) is 15.0. The average Bonchev–Trinajstić information content (AvgIpc) is 3.28. The summed E-state index contributed by atoms with van der Waals surface area (Å²) in [5.74, 6) is -0.556. The van der Waals surface area contributed by atoms with Crippen molar-refractivity contribution in [1.82, 2.24) is 4.90 Å². The van der Waals surface area contributed by atoms with Gasteiger partial charge in [0.05, 0.1) is 11.1 Å². The Balaban J connectivity index is 1.52. The summed E-state index contributed by atoms with van der Waals surface area (Å²) in [4.78, 5) is 28.7. The Bertz CT molecular complexity index is 856. The molecule has 0 saturated carbocycles. The molecule has 0 aliphatic carbocycles. The molecule has 2 aliphatic heterocycles. The number of anilines is 1. The second-order valence-electron chi connectivity index (χ2n) is 7.73. The number of hydrogen-bond donors (Lipinski definition) is 1. The van der Waals surface area contributed by atoms with Crippen molar-refractivity contribution in [3.8, 4) is 0 Å². The van der Waals surface area contributed by atoms with Crippen LogP contribution in [0.3, 0.4) is 0 Å². The van der Waals surface area contributed by atoms with E-state index >= 15 is 0 Å². The molecule has 2 aliphatic rings. The van der Waals surface area contributed by atoms with Gasteiger partial charge in [-0.1, -0.05) is 24.3 Å². The molecule has 2 fully saturated rings. The molecule has 5 nitrogen and oxygen atoms in total. The standard InChI is InChI=1S/C23H26N2O3/c26-22(20-7-1-2-8-21(20)24-13-3-4-14-24)25-15-5-6-19(16-25)17-9-11-18(12-10-17)23(27)28/h1-2,7-12,19H,3-6,13-16H2,(H,27,28)/t19-/m0/s1. The number of carboxylic acid groups (broad SMARTS) is 1. The zero-order valence-electron chi connectivity index (χ0n) is 16.0. The molecule has 2 saturated heterocycles.